The summed E-state index contributed by atoms with van der Waals surface area (Å²) < 4.78 is 33.9. The molecule has 2 unspecified atom stereocenters. The molecular weight excluding hydrogens is 380 g/mol. The zero-order valence-electron chi connectivity index (χ0n) is 15.3. The maximum absolute atomic E-state index is 13.3. The van der Waals surface area contributed by atoms with E-state index in [2.05, 4.69) is 12.2 Å². The second-order valence-corrected chi connectivity index (χ2v) is 9.79. The number of fused-ring (bicyclic) bond motifs is 1. The molecule has 1 N–H and O–H groups in total. The lowest BCUT2D eigenvalue weighted by molar-refractivity contribution is 0.0879. The van der Waals surface area contributed by atoms with E-state index < -0.39 is 21.8 Å². The second-order valence-electron chi connectivity index (χ2n) is 7.90. The molecular formula is C20H20N2O5S. The monoisotopic (exact) mass is 400 g/mol. The third-order valence-electron chi connectivity index (χ3n) is 5.74. The Morgan fingerprint density at radius 2 is 1.82 bits per heavy atom. The van der Waals surface area contributed by atoms with Crippen LogP contribution in [0.4, 0.5) is 0 Å². The van der Waals surface area contributed by atoms with E-state index in [1.54, 1.807) is 0 Å². The van der Waals surface area contributed by atoms with Gasteiger partial charge >= 0.3 is 0 Å². The molecule has 8 heteroatoms. The van der Waals surface area contributed by atoms with Gasteiger partial charge in [0.15, 0.2) is 0 Å². The SMILES string of the molecule is CC1CC1c1ccc(CN(C2CC2)S(=O)(=O)c2ccc3c(c2)C(=O)NC3=O)o1. The van der Waals surface area contributed by atoms with Gasteiger partial charge in [-0.05, 0) is 55.5 Å². The number of imide groups is 1. The van der Waals surface area contributed by atoms with E-state index in [9.17, 15) is 18.0 Å². The Bertz CT molecular complexity index is 1100. The van der Waals surface area contributed by atoms with Crippen LogP contribution < -0.4 is 5.32 Å². The Kier molecular flexibility index (Phi) is 3.79. The summed E-state index contributed by atoms with van der Waals surface area (Å²) in [6.45, 7) is 2.33. The Labute approximate surface area is 162 Å². The van der Waals surface area contributed by atoms with Gasteiger partial charge in [0.05, 0.1) is 22.6 Å². The van der Waals surface area contributed by atoms with E-state index in [-0.39, 0.29) is 28.6 Å². The van der Waals surface area contributed by atoms with Crippen LogP contribution >= 0.6 is 0 Å². The molecule has 0 spiro atoms. The minimum Gasteiger partial charge on any atom is -0.464 e. The highest BCUT2D eigenvalue weighted by atomic mass is 32.2. The van der Waals surface area contributed by atoms with E-state index in [1.165, 1.54) is 22.5 Å². The van der Waals surface area contributed by atoms with Gasteiger partial charge in [0.1, 0.15) is 11.5 Å². The van der Waals surface area contributed by atoms with Crippen LogP contribution in [0.15, 0.2) is 39.6 Å². The largest absolute Gasteiger partial charge is 0.464 e. The van der Waals surface area contributed by atoms with Crippen LogP contribution in [0, 0.1) is 5.92 Å². The predicted octanol–water partition coefficient (Wildman–Crippen LogP) is 2.64. The van der Waals surface area contributed by atoms with Crippen molar-refractivity contribution in [2.45, 2.75) is 49.6 Å². The van der Waals surface area contributed by atoms with Gasteiger partial charge in [-0.1, -0.05) is 6.92 Å². The molecule has 5 rings (SSSR count). The van der Waals surface area contributed by atoms with Gasteiger partial charge in [0.2, 0.25) is 10.0 Å². The quantitative estimate of drug-likeness (QED) is 0.752. The number of nitrogens with one attached hydrogen (secondary N) is 1. The molecule has 3 aliphatic rings. The Morgan fingerprint density at radius 1 is 1.11 bits per heavy atom. The van der Waals surface area contributed by atoms with Crippen molar-refractivity contribution in [3.63, 3.8) is 0 Å². The van der Waals surface area contributed by atoms with E-state index in [1.807, 2.05) is 12.1 Å². The van der Waals surface area contributed by atoms with Gasteiger partial charge in [0, 0.05) is 12.0 Å². The lowest BCUT2D eigenvalue weighted by Crippen LogP contribution is -2.32. The lowest BCUT2D eigenvalue weighted by atomic mass is 10.1. The molecule has 28 heavy (non-hydrogen) atoms. The van der Waals surface area contributed by atoms with Crippen LogP contribution in [0.1, 0.15) is 64.3 Å². The molecule has 0 radical (unpaired) electrons. The fourth-order valence-corrected chi connectivity index (χ4v) is 5.44. The average Bonchev–Trinajstić information content (AvgIpc) is 3.56. The van der Waals surface area contributed by atoms with Gasteiger partial charge in [-0.15, -0.1) is 0 Å². The van der Waals surface area contributed by atoms with Gasteiger partial charge < -0.3 is 4.42 Å². The van der Waals surface area contributed by atoms with Crippen molar-refractivity contribution in [3.8, 4) is 0 Å². The average molecular weight is 400 g/mol. The number of sulfonamides is 1. The second kappa shape index (κ2) is 6.02. The van der Waals surface area contributed by atoms with Gasteiger partial charge in [-0.2, -0.15) is 4.31 Å². The van der Waals surface area contributed by atoms with E-state index >= 15 is 0 Å². The first-order chi connectivity index (χ1) is 13.3. The summed E-state index contributed by atoms with van der Waals surface area (Å²) in [5, 5.41) is 2.19. The minimum absolute atomic E-state index is 0.0191. The highest BCUT2D eigenvalue weighted by Crippen LogP contribution is 2.47. The van der Waals surface area contributed by atoms with Crippen molar-refractivity contribution in [3.05, 3.63) is 53.0 Å². The maximum atomic E-state index is 13.3. The molecule has 2 fully saturated rings. The number of carbonyl (C=O) groups is 2. The smallest absolute Gasteiger partial charge is 0.258 e. The van der Waals surface area contributed by atoms with E-state index in [0.29, 0.717) is 17.6 Å². The molecule has 0 saturated heterocycles. The van der Waals surface area contributed by atoms with Crippen molar-refractivity contribution < 1.29 is 22.4 Å². The lowest BCUT2D eigenvalue weighted by Gasteiger charge is -2.21. The zero-order valence-corrected chi connectivity index (χ0v) is 16.2. The van der Waals surface area contributed by atoms with Crippen LogP contribution in [-0.4, -0.2) is 30.6 Å². The molecule has 146 valence electrons. The highest BCUT2D eigenvalue weighted by molar-refractivity contribution is 7.89. The number of nitrogens with zero attached hydrogens (tertiary/aromatic N) is 1. The van der Waals surface area contributed by atoms with Gasteiger partial charge in [0.25, 0.3) is 11.8 Å². The topological polar surface area (TPSA) is 96.7 Å². The van der Waals surface area contributed by atoms with Crippen molar-refractivity contribution in [1.82, 2.24) is 9.62 Å². The molecule has 2 aromatic rings. The molecule has 1 aromatic heterocycles. The number of furan rings is 1. The van der Waals surface area contributed by atoms with Crippen LogP contribution in [0.2, 0.25) is 0 Å². The summed E-state index contributed by atoms with van der Waals surface area (Å²) in [4.78, 5) is 23.6. The van der Waals surface area contributed by atoms with Crippen LogP contribution in [0.5, 0.6) is 0 Å². The minimum atomic E-state index is -3.82. The number of hydrogen-bond acceptors (Lipinski definition) is 5. The number of hydrogen-bond donors (Lipinski definition) is 1. The van der Waals surface area contributed by atoms with Gasteiger partial charge in [-0.3, -0.25) is 14.9 Å². The molecule has 0 bridgehead atoms. The number of benzene rings is 1. The Hall–Kier alpha value is -2.45. The molecule has 2 heterocycles. The molecule has 7 nitrogen and oxygen atoms in total. The van der Waals surface area contributed by atoms with E-state index in [0.717, 1.165) is 25.0 Å². The first-order valence-corrected chi connectivity index (χ1v) is 10.9. The first-order valence-electron chi connectivity index (χ1n) is 9.45. The van der Waals surface area contributed by atoms with E-state index in [4.69, 9.17) is 4.42 Å². The van der Waals surface area contributed by atoms with Crippen LogP contribution in [-0.2, 0) is 16.6 Å². The third kappa shape index (κ3) is 2.87. The molecule has 2 amide bonds. The Balaban J connectivity index is 1.45. The summed E-state index contributed by atoms with van der Waals surface area (Å²) in [6, 6.07) is 7.79. The maximum Gasteiger partial charge on any atom is 0.258 e. The summed E-state index contributed by atoms with van der Waals surface area (Å²) >= 11 is 0. The van der Waals surface area contributed by atoms with Crippen molar-refractivity contribution in [2.24, 2.45) is 5.92 Å². The molecule has 1 aromatic carbocycles. The summed E-state index contributed by atoms with van der Waals surface area (Å²) in [5.74, 6) is 1.53. The summed E-state index contributed by atoms with van der Waals surface area (Å²) in [7, 11) is -3.82. The fourth-order valence-electron chi connectivity index (χ4n) is 3.77. The standard InChI is InChI=1S/C20H20N2O5S/c1-11-8-16(11)18-7-4-13(27-18)10-22(12-2-3-12)28(25,26)14-5-6-15-17(9-14)20(24)21-19(15)23/h4-7,9,11-12,16H,2-3,8,10H2,1H3,(H,21,23,24). The number of amides is 2. The molecule has 1 aliphatic heterocycles. The molecule has 2 aliphatic carbocycles. The third-order valence-corrected chi connectivity index (χ3v) is 7.63. The molecule has 2 saturated carbocycles. The fraction of sp³-hybridized carbons (Fsp3) is 0.400. The highest BCUT2D eigenvalue weighted by Gasteiger charge is 2.41. The van der Waals surface area contributed by atoms with Crippen molar-refractivity contribution in [1.29, 1.82) is 0 Å². The summed E-state index contributed by atoms with van der Waals surface area (Å²) in [6.07, 6.45) is 2.71. The first kappa shape index (κ1) is 17.6. The zero-order chi connectivity index (χ0) is 19.6. The summed E-state index contributed by atoms with van der Waals surface area (Å²) in [5.41, 5.74) is 0.306. The number of rotatable bonds is 6. The predicted molar refractivity (Wildman–Crippen MR) is 99.2 cm³/mol. The van der Waals surface area contributed by atoms with Crippen LogP contribution in [0.25, 0.3) is 0 Å². The molecule has 2 atom stereocenters. The van der Waals surface area contributed by atoms with Gasteiger partial charge in [-0.25, -0.2) is 8.42 Å². The van der Waals surface area contributed by atoms with Crippen LogP contribution in [0.3, 0.4) is 0 Å². The van der Waals surface area contributed by atoms with Crippen molar-refractivity contribution >= 4 is 21.8 Å². The normalized spacial score (nSPS) is 23.8. The Morgan fingerprint density at radius 3 is 2.50 bits per heavy atom. The number of carbonyl (C=O) groups excluding carboxylic acids is 2. The van der Waals surface area contributed by atoms with Crippen molar-refractivity contribution in [2.75, 3.05) is 0 Å².